The Hall–Kier alpha value is -5.08. The molecule has 0 spiro atoms. The van der Waals surface area contributed by atoms with Gasteiger partial charge in [0.05, 0.1) is 0 Å². The number of nitrogens with zero attached hydrogens (tertiary/aromatic N) is 4. The highest BCUT2D eigenvalue weighted by Crippen LogP contribution is 2.46. The molecule has 4 unspecified atom stereocenters. The quantitative estimate of drug-likeness (QED) is 0.158. The maximum absolute atomic E-state index is 11.2. The van der Waals surface area contributed by atoms with Gasteiger partial charge in [-0.15, -0.1) is 0 Å². The second-order valence-electron chi connectivity index (χ2n) is 16.4. The average Bonchev–Trinajstić information content (AvgIpc) is 3.71. The summed E-state index contributed by atoms with van der Waals surface area (Å²) >= 11 is 0. The molecular formula is C48H52N4O6S2. The zero-order valence-corrected chi connectivity index (χ0v) is 35.6. The molecule has 4 atom stereocenters. The second kappa shape index (κ2) is 17.5. The topological polar surface area (TPSA) is 122 Å². The van der Waals surface area contributed by atoms with Gasteiger partial charge in [-0.3, -0.25) is 9.11 Å². The Morgan fingerprint density at radius 3 is 1.23 bits per heavy atom. The highest BCUT2D eigenvalue weighted by molar-refractivity contribution is 7.86. The summed E-state index contributed by atoms with van der Waals surface area (Å²) in [5.41, 5.74) is 8.81. The lowest BCUT2D eigenvalue weighted by atomic mass is 9.89. The molecule has 0 bridgehead atoms. The summed E-state index contributed by atoms with van der Waals surface area (Å²) in [6.45, 7) is 6.85. The Kier molecular flexibility index (Phi) is 12.1. The number of para-hydroxylation sites is 2. The third kappa shape index (κ3) is 8.86. The molecule has 6 aromatic carbocycles. The van der Waals surface area contributed by atoms with E-state index in [0.717, 1.165) is 25.2 Å². The van der Waals surface area contributed by atoms with Gasteiger partial charge in [0.2, 0.25) is 0 Å². The Labute approximate surface area is 354 Å². The Morgan fingerprint density at radius 2 is 0.850 bits per heavy atom. The SMILES string of the molecule is CN1CCC2C(C1)c1ccccc1N2Cc1ccccc1.CN1CCC2C(C1)c1ccccc1N2Cc1ccccc1.O=S(=O)(O)c1cccc2c(S(=O)(=O)O)cccc12. The molecule has 0 amide bonds. The number of hydrogen-bond acceptors (Lipinski definition) is 8. The van der Waals surface area contributed by atoms with Crippen molar-refractivity contribution in [1.29, 1.82) is 0 Å². The molecule has 2 fully saturated rings. The summed E-state index contributed by atoms with van der Waals surface area (Å²) in [5.74, 6) is 1.34. The van der Waals surface area contributed by atoms with E-state index in [2.05, 4.69) is 143 Å². The van der Waals surface area contributed by atoms with Gasteiger partial charge in [-0.2, -0.15) is 16.8 Å². The van der Waals surface area contributed by atoms with Crippen molar-refractivity contribution in [2.75, 3.05) is 50.1 Å². The van der Waals surface area contributed by atoms with Gasteiger partial charge in [0.1, 0.15) is 9.79 Å². The maximum atomic E-state index is 11.2. The van der Waals surface area contributed by atoms with E-state index in [1.165, 1.54) is 85.8 Å². The zero-order chi connectivity index (χ0) is 42.0. The molecule has 2 N–H and O–H groups in total. The fourth-order valence-electron chi connectivity index (χ4n) is 9.71. The molecule has 10 rings (SSSR count). The minimum absolute atomic E-state index is 0.0233. The van der Waals surface area contributed by atoms with Crippen LogP contribution in [-0.2, 0) is 33.3 Å². The Bertz CT molecular complexity index is 2480. The van der Waals surface area contributed by atoms with Crippen LogP contribution in [0.3, 0.4) is 0 Å². The summed E-state index contributed by atoms with van der Waals surface area (Å²) in [5, 5.41) is 0.0465. The minimum Gasteiger partial charge on any atom is -0.363 e. The molecule has 2 saturated heterocycles. The number of fused-ring (bicyclic) bond motifs is 7. The van der Waals surface area contributed by atoms with Gasteiger partial charge in [0, 0.05) is 72.2 Å². The molecule has 312 valence electrons. The molecule has 0 radical (unpaired) electrons. The van der Waals surface area contributed by atoms with Gasteiger partial charge < -0.3 is 19.6 Å². The molecule has 0 saturated carbocycles. The van der Waals surface area contributed by atoms with Crippen LogP contribution in [0.2, 0.25) is 0 Å². The van der Waals surface area contributed by atoms with Crippen molar-refractivity contribution in [2.45, 2.75) is 59.6 Å². The molecule has 10 nitrogen and oxygen atoms in total. The maximum Gasteiger partial charge on any atom is 0.295 e. The van der Waals surface area contributed by atoms with Crippen LogP contribution in [0.5, 0.6) is 0 Å². The molecule has 0 aliphatic carbocycles. The summed E-state index contributed by atoms with van der Waals surface area (Å²) in [4.78, 5) is 9.41. The number of piperidine rings is 2. The monoisotopic (exact) mass is 844 g/mol. The van der Waals surface area contributed by atoms with Crippen LogP contribution in [0.25, 0.3) is 10.8 Å². The first-order valence-electron chi connectivity index (χ1n) is 20.5. The first-order chi connectivity index (χ1) is 28.9. The molecular weight excluding hydrogens is 793 g/mol. The third-order valence-electron chi connectivity index (χ3n) is 12.4. The van der Waals surface area contributed by atoms with E-state index < -0.39 is 30.0 Å². The summed E-state index contributed by atoms with van der Waals surface area (Å²) in [6.07, 6.45) is 2.53. The Balaban J connectivity index is 0.000000125. The standard InChI is InChI=1S/2C19H22N2.C10H8O6S2/c2*1-20-12-11-19-17(14-20)16-9-5-6-10-18(16)21(19)13-15-7-3-2-4-8-15;11-17(12,13)9-5-1-3-7-8(9)4-2-6-10(7)18(14,15)16/h2*2-10,17,19H,11-14H2,1H3;1-6H,(H,11,12,13)(H,14,15,16). The van der Waals surface area contributed by atoms with Crippen molar-refractivity contribution in [3.63, 3.8) is 0 Å². The second-order valence-corrected chi connectivity index (χ2v) is 19.1. The number of likely N-dealkylation sites (N-methyl/N-ethyl adjacent to an activating group) is 2. The van der Waals surface area contributed by atoms with Gasteiger partial charge in [-0.1, -0.05) is 121 Å². The highest BCUT2D eigenvalue weighted by Gasteiger charge is 2.42. The smallest absolute Gasteiger partial charge is 0.295 e. The van der Waals surface area contributed by atoms with Crippen LogP contribution in [0.4, 0.5) is 11.4 Å². The third-order valence-corrected chi connectivity index (χ3v) is 14.3. The number of benzene rings is 6. The van der Waals surface area contributed by atoms with Crippen LogP contribution >= 0.6 is 0 Å². The van der Waals surface area contributed by atoms with E-state index >= 15 is 0 Å². The molecule has 0 aromatic heterocycles. The van der Waals surface area contributed by atoms with Crippen molar-refractivity contribution in [2.24, 2.45) is 0 Å². The van der Waals surface area contributed by atoms with Crippen molar-refractivity contribution in [3.8, 4) is 0 Å². The van der Waals surface area contributed by atoms with Gasteiger partial charge >= 0.3 is 0 Å². The summed E-state index contributed by atoms with van der Waals surface area (Å²) in [6, 6.07) is 48.6. The van der Waals surface area contributed by atoms with E-state index in [0.29, 0.717) is 23.9 Å². The largest absolute Gasteiger partial charge is 0.363 e. The van der Waals surface area contributed by atoms with E-state index in [4.69, 9.17) is 9.11 Å². The van der Waals surface area contributed by atoms with Crippen LogP contribution in [0.15, 0.2) is 155 Å². The van der Waals surface area contributed by atoms with Crippen LogP contribution in [-0.4, -0.2) is 88.1 Å². The number of anilines is 2. The van der Waals surface area contributed by atoms with Crippen molar-refractivity contribution in [1.82, 2.24) is 9.80 Å². The van der Waals surface area contributed by atoms with Gasteiger partial charge in [0.25, 0.3) is 20.2 Å². The van der Waals surface area contributed by atoms with E-state index in [9.17, 15) is 16.8 Å². The number of rotatable bonds is 6. The fraction of sp³-hybridized carbons (Fsp3) is 0.292. The number of hydrogen-bond donors (Lipinski definition) is 2. The lowest BCUT2D eigenvalue weighted by Gasteiger charge is -2.37. The van der Waals surface area contributed by atoms with Crippen LogP contribution in [0, 0.1) is 0 Å². The van der Waals surface area contributed by atoms with Gasteiger partial charge in [-0.25, -0.2) is 0 Å². The van der Waals surface area contributed by atoms with Crippen molar-refractivity contribution < 1.29 is 25.9 Å². The summed E-state index contributed by atoms with van der Waals surface area (Å²) < 4.78 is 62.7. The predicted octanol–water partition coefficient (Wildman–Crippen LogP) is 8.32. The first kappa shape index (κ1) is 41.6. The highest BCUT2D eigenvalue weighted by atomic mass is 32.2. The molecule has 4 aliphatic rings. The molecule has 12 heteroatoms. The van der Waals surface area contributed by atoms with Crippen molar-refractivity contribution >= 4 is 42.4 Å². The lowest BCUT2D eigenvalue weighted by Crippen LogP contribution is -2.44. The molecule has 60 heavy (non-hydrogen) atoms. The van der Waals surface area contributed by atoms with Crippen LogP contribution < -0.4 is 9.80 Å². The zero-order valence-electron chi connectivity index (χ0n) is 34.0. The lowest BCUT2D eigenvalue weighted by molar-refractivity contribution is 0.230. The average molecular weight is 845 g/mol. The number of likely N-dealkylation sites (tertiary alicyclic amines) is 2. The molecule has 4 heterocycles. The van der Waals surface area contributed by atoms with Crippen LogP contribution in [0.1, 0.15) is 46.9 Å². The van der Waals surface area contributed by atoms with E-state index in [1.54, 1.807) is 11.1 Å². The first-order valence-corrected chi connectivity index (χ1v) is 23.4. The van der Waals surface area contributed by atoms with Gasteiger partial charge in [-0.05, 0) is 86.5 Å². The Morgan fingerprint density at radius 1 is 0.483 bits per heavy atom. The van der Waals surface area contributed by atoms with E-state index in [-0.39, 0.29) is 10.8 Å². The minimum atomic E-state index is -4.47. The fourth-order valence-corrected chi connectivity index (χ4v) is 11.1. The predicted molar refractivity (Wildman–Crippen MR) is 239 cm³/mol. The van der Waals surface area contributed by atoms with Crippen molar-refractivity contribution in [3.05, 3.63) is 168 Å². The van der Waals surface area contributed by atoms with Gasteiger partial charge in [0.15, 0.2) is 0 Å². The van der Waals surface area contributed by atoms with E-state index in [1.807, 2.05) is 0 Å². The summed E-state index contributed by atoms with van der Waals surface area (Å²) in [7, 11) is -4.44. The molecule has 4 aliphatic heterocycles. The normalized spacial score (nSPS) is 21.1. The molecule has 6 aromatic rings.